The van der Waals surface area contributed by atoms with Gasteiger partial charge in [0.05, 0.1) is 12.1 Å². The number of nitrogens with two attached hydrogens (primary N) is 1. The van der Waals surface area contributed by atoms with Crippen LogP contribution in [0, 0.1) is 22.6 Å². The van der Waals surface area contributed by atoms with Crippen LogP contribution in [0.4, 0.5) is 10.1 Å². The molecule has 2 aliphatic heterocycles. The molecule has 0 unspecified atom stereocenters. The van der Waals surface area contributed by atoms with Crippen molar-refractivity contribution in [2.24, 2.45) is 11.1 Å². The summed E-state index contributed by atoms with van der Waals surface area (Å²) in [6, 6.07) is 16.8. The lowest BCUT2D eigenvalue weighted by Crippen LogP contribution is -2.49. The van der Waals surface area contributed by atoms with Crippen LogP contribution >= 0.6 is 0 Å². The maximum Gasteiger partial charge on any atom is 0.241 e. The van der Waals surface area contributed by atoms with Gasteiger partial charge < -0.3 is 10.6 Å². The number of carbonyl (C=O) groups excluding carboxylic acids is 2. The van der Waals surface area contributed by atoms with E-state index in [1.165, 1.54) is 12.1 Å². The second-order valence-electron chi connectivity index (χ2n) is 8.20. The van der Waals surface area contributed by atoms with Crippen molar-refractivity contribution in [2.75, 3.05) is 4.90 Å². The summed E-state index contributed by atoms with van der Waals surface area (Å²) in [4.78, 5) is 32.9. The first-order valence-electron chi connectivity index (χ1n) is 10.5. The standard InChI is InChI=1S/C26H19FN4O2/c27-19-9-10-20-17(13-19)8-11-21-26(15-28,25(29)33)22(18-7-4-12-30-14-18)23(31(20)21)24(32)16-5-2-1-3-6-16/h1-14,21-23H,(H2,29,33)/t21-,22+,23+,26+/m1/s1. The average Bonchev–Trinajstić information content (AvgIpc) is 3.16. The molecule has 0 aliphatic carbocycles. The average molecular weight is 438 g/mol. The first-order valence-corrected chi connectivity index (χ1v) is 10.5. The van der Waals surface area contributed by atoms with E-state index in [9.17, 15) is 19.2 Å². The zero-order valence-corrected chi connectivity index (χ0v) is 17.4. The van der Waals surface area contributed by atoms with Gasteiger partial charge in [0.15, 0.2) is 11.2 Å². The fraction of sp³-hybridized carbons (Fsp3) is 0.154. The molecule has 1 amide bonds. The number of nitriles is 1. The van der Waals surface area contributed by atoms with Crippen LogP contribution in [0.2, 0.25) is 0 Å². The van der Waals surface area contributed by atoms with Gasteiger partial charge in [-0.25, -0.2) is 4.39 Å². The third-order valence-electron chi connectivity index (χ3n) is 6.56. The Hall–Kier alpha value is -4.31. The number of hydrogen-bond donors (Lipinski definition) is 1. The van der Waals surface area contributed by atoms with E-state index in [0.29, 0.717) is 22.4 Å². The largest absolute Gasteiger partial charge is 0.368 e. The first-order chi connectivity index (χ1) is 16.0. The highest BCUT2D eigenvalue weighted by Crippen LogP contribution is 2.55. The molecule has 1 saturated heterocycles. The number of halogens is 1. The molecule has 0 bridgehead atoms. The maximum absolute atomic E-state index is 14.0. The molecule has 5 rings (SSSR count). The fourth-order valence-corrected chi connectivity index (χ4v) is 5.16. The van der Waals surface area contributed by atoms with Crippen LogP contribution in [0.3, 0.4) is 0 Å². The smallest absolute Gasteiger partial charge is 0.241 e. The number of hydrogen-bond acceptors (Lipinski definition) is 5. The Morgan fingerprint density at radius 3 is 2.58 bits per heavy atom. The van der Waals surface area contributed by atoms with Crippen LogP contribution in [-0.4, -0.2) is 28.8 Å². The highest BCUT2D eigenvalue weighted by molar-refractivity contribution is 6.06. The lowest BCUT2D eigenvalue weighted by Gasteiger charge is -2.36. The Morgan fingerprint density at radius 1 is 1.12 bits per heavy atom. The van der Waals surface area contributed by atoms with Crippen molar-refractivity contribution < 1.29 is 14.0 Å². The molecule has 1 aromatic heterocycles. The van der Waals surface area contributed by atoms with Crippen molar-refractivity contribution >= 4 is 23.5 Å². The number of pyridine rings is 1. The van der Waals surface area contributed by atoms with Crippen LogP contribution < -0.4 is 10.6 Å². The van der Waals surface area contributed by atoms with Crippen molar-refractivity contribution in [2.45, 2.75) is 18.0 Å². The highest BCUT2D eigenvalue weighted by Gasteiger charge is 2.65. The summed E-state index contributed by atoms with van der Waals surface area (Å²) in [6.07, 6.45) is 6.47. The summed E-state index contributed by atoms with van der Waals surface area (Å²) in [6.45, 7) is 0. The Balaban J connectivity index is 1.81. The number of anilines is 1. The maximum atomic E-state index is 14.0. The number of rotatable bonds is 4. The Labute approximate surface area is 189 Å². The van der Waals surface area contributed by atoms with Crippen LogP contribution in [0.5, 0.6) is 0 Å². The molecule has 3 heterocycles. The van der Waals surface area contributed by atoms with Gasteiger partial charge in [0.2, 0.25) is 5.91 Å². The van der Waals surface area contributed by atoms with Crippen LogP contribution in [-0.2, 0) is 4.79 Å². The predicted molar refractivity (Wildman–Crippen MR) is 120 cm³/mol. The second kappa shape index (κ2) is 7.68. The molecule has 2 N–H and O–H groups in total. The van der Waals surface area contributed by atoms with Crippen LogP contribution in [0.25, 0.3) is 6.08 Å². The Kier molecular flexibility index (Phi) is 4.79. The molecule has 162 valence electrons. The molecular weight excluding hydrogens is 419 g/mol. The number of fused-ring (bicyclic) bond motifs is 3. The molecule has 2 aromatic carbocycles. The lowest BCUT2D eigenvalue weighted by molar-refractivity contribution is -0.125. The van der Waals surface area contributed by atoms with Gasteiger partial charge in [0, 0.05) is 35.1 Å². The number of Topliss-reactive ketones (excluding diaryl/α,β-unsaturated/α-hetero) is 1. The van der Waals surface area contributed by atoms with E-state index in [0.717, 1.165) is 0 Å². The van der Waals surface area contributed by atoms with Crippen LogP contribution in [0.15, 0.2) is 79.1 Å². The number of ketones is 1. The van der Waals surface area contributed by atoms with E-state index >= 15 is 0 Å². The summed E-state index contributed by atoms with van der Waals surface area (Å²) in [5, 5.41) is 10.4. The normalized spacial score (nSPS) is 25.1. The summed E-state index contributed by atoms with van der Waals surface area (Å²) in [5.74, 6) is -2.41. The molecule has 33 heavy (non-hydrogen) atoms. The summed E-state index contributed by atoms with van der Waals surface area (Å²) < 4.78 is 14.0. The van der Waals surface area contributed by atoms with E-state index < -0.39 is 35.1 Å². The van der Waals surface area contributed by atoms with E-state index in [4.69, 9.17) is 5.73 Å². The summed E-state index contributed by atoms with van der Waals surface area (Å²) >= 11 is 0. The first kappa shape index (κ1) is 20.6. The van der Waals surface area contributed by atoms with E-state index in [2.05, 4.69) is 11.1 Å². The van der Waals surface area contributed by atoms with Crippen molar-refractivity contribution in [1.82, 2.24) is 4.98 Å². The lowest BCUT2D eigenvalue weighted by atomic mass is 9.68. The molecule has 1 fully saturated rings. The quantitative estimate of drug-likeness (QED) is 0.629. The van der Waals surface area contributed by atoms with Gasteiger partial charge in [0.1, 0.15) is 11.9 Å². The minimum atomic E-state index is -1.75. The number of aromatic nitrogens is 1. The molecule has 4 atom stereocenters. The highest BCUT2D eigenvalue weighted by atomic mass is 19.1. The third kappa shape index (κ3) is 2.95. The topological polar surface area (TPSA) is 100 Å². The van der Waals surface area contributed by atoms with Crippen molar-refractivity contribution in [3.05, 3.63) is 102 Å². The number of primary amides is 1. The fourth-order valence-electron chi connectivity index (χ4n) is 5.16. The van der Waals surface area contributed by atoms with Gasteiger partial charge in [-0.3, -0.25) is 14.6 Å². The number of amides is 1. The SMILES string of the molecule is N#C[C@@]1(C(N)=O)[C@@H](c2cccnc2)[C@@H](C(=O)c2ccccc2)N2c3ccc(F)cc3C=C[C@@H]21. The van der Waals surface area contributed by atoms with Crippen molar-refractivity contribution in [3.8, 4) is 6.07 Å². The summed E-state index contributed by atoms with van der Waals surface area (Å²) in [5.41, 5.74) is 6.27. The van der Waals surface area contributed by atoms with Gasteiger partial charge in [-0.1, -0.05) is 48.6 Å². The second-order valence-corrected chi connectivity index (χ2v) is 8.20. The molecule has 2 aliphatic rings. The molecule has 6 nitrogen and oxygen atoms in total. The number of benzene rings is 2. The third-order valence-corrected chi connectivity index (χ3v) is 6.56. The minimum absolute atomic E-state index is 0.265. The molecular formula is C26H19FN4O2. The Bertz CT molecular complexity index is 1320. The number of nitrogens with zero attached hydrogens (tertiary/aromatic N) is 3. The van der Waals surface area contributed by atoms with Gasteiger partial charge >= 0.3 is 0 Å². The van der Waals surface area contributed by atoms with Crippen molar-refractivity contribution in [1.29, 1.82) is 5.26 Å². The van der Waals surface area contributed by atoms with E-state index in [1.807, 2.05) is 0 Å². The predicted octanol–water partition coefficient (Wildman–Crippen LogP) is 3.47. The van der Waals surface area contributed by atoms with E-state index in [-0.39, 0.29) is 5.78 Å². The summed E-state index contributed by atoms with van der Waals surface area (Å²) in [7, 11) is 0. The molecule has 7 heteroatoms. The van der Waals surface area contributed by atoms with Crippen molar-refractivity contribution in [3.63, 3.8) is 0 Å². The Morgan fingerprint density at radius 2 is 1.91 bits per heavy atom. The van der Waals surface area contributed by atoms with Gasteiger partial charge in [-0.15, -0.1) is 0 Å². The number of carbonyl (C=O) groups is 2. The molecule has 3 aromatic rings. The van der Waals surface area contributed by atoms with Gasteiger partial charge in [-0.05, 0) is 29.8 Å². The van der Waals surface area contributed by atoms with Gasteiger partial charge in [0.25, 0.3) is 0 Å². The van der Waals surface area contributed by atoms with Crippen LogP contribution in [0.1, 0.15) is 27.4 Å². The van der Waals surface area contributed by atoms with E-state index in [1.54, 1.807) is 78.0 Å². The zero-order chi connectivity index (χ0) is 23.2. The van der Waals surface area contributed by atoms with Gasteiger partial charge in [-0.2, -0.15) is 5.26 Å². The molecule has 0 radical (unpaired) electrons. The minimum Gasteiger partial charge on any atom is -0.368 e. The molecule has 0 saturated carbocycles. The zero-order valence-electron chi connectivity index (χ0n) is 17.4. The monoisotopic (exact) mass is 438 g/mol. The molecule has 0 spiro atoms.